The van der Waals surface area contributed by atoms with Crippen molar-refractivity contribution >= 4 is 121 Å². The number of hydrogen-bond donors (Lipinski definition) is 0. The zero-order valence-corrected chi connectivity index (χ0v) is 52.4. The number of rotatable bonds is 5. The summed E-state index contributed by atoms with van der Waals surface area (Å²) in [6.07, 6.45) is 8.91. The molecule has 2 aliphatic rings. The number of hydrogen-bond acceptors (Lipinski definition) is 1. The molecule has 0 radical (unpaired) electrons. The zero-order valence-electron chi connectivity index (χ0n) is 52.4. The second-order valence-electron chi connectivity index (χ2n) is 28.0. The first-order valence-electron chi connectivity index (χ1n) is 32.1. The Morgan fingerprint density at radius 3 is 1.45 bits per heavy atom. The molecule has 2 aliphatic heterocycles. The predicted molar refractivity (Wildman–Crippen MR) is 388 cm³/mol. The molecule has 19 rings (SSSR count). The summed E-state index contributed by atoms with van der Waals surface area (Å²) < 4.78 is 9.96. The van der Waals surface area contributed by atoms with Gasteiger partial charge in [-0.2, -0.15) is 0 Å². The summed E-state index contributed by atoms with van der Waals surface area (Å²) in [5.74, 6) is 0. The minimum atomic E-state index is -0.151. The molecule has 91 heavy (non-hydrogen) atoms. The van der Waals surface area contributed by atoms with Gasteiger partial charge in [-0.3, -0.25) is 4.98 Å². The van der Waals surface area contributed by atoms with Crippen molar-refractivity contribution < 1.29 is 0 Å². The highest BCUT2D eigenvalue weighted by atomic mass is 15.0. The van der Waals surface area contributed by atoms with Crippen LogP contribution in [0.15, 0.2) is 243 Å². The summed E-state index contributed by atoms with van der Waals surface area (Å²) in [4.78, 5) is 5.26. The van der Waals surface area contributed by atoms with Crippen LogP contribution >= 0.6 is 0 Å². The Morgan fingerprint density at radius 1 is 0.330 bits per heavy atom. The molecule has 0 N–H and O–H groups in total. The Balaban J connectivity index is 1.04. The Kier molecular flexibility index (Phi) is 10.6. The smallest absolute Gasteiger partial charge is 0.252 e. The number of benzene rings is 12. The normalized spacial score (nSPS) is 13.0. The van der Waals surface area contributed by atoms with Crippen molar-refractivity contribution in [2.45, 2.75) is 52.4 Å². The number of pyridine rings is 1. The highest BCUT2D eigenvalue weighted by Crippen LogP contribution is 2.51. The van der Waals surface area contributed by atoms with E-state index in [9.17, 15) is 0 Å². The lowest BCUT2D eigenvalue weighted by Crippen LogP contribution is -2.59. The second kappa shape index (κ2) is 18.5. The van der Waals surface area contributed by atoms with Crippen molar-refractivity contribution in [1.29, 1.82) is 0 Å². The molecule has 7 heterocycles. The highest BCUT2D eigenvalue weighted by Gasteiger charge is 2.43. The molecule has 12 aromatic carbocycles. The van der Waals surface area contributed by atoms with E-state index >= 15 is 0 Å². The first kappa shape index (κ1) is 52.3. The van der Waals surface area contributed by atoms with Gasteiger partial charge in [0.25, 0.3) is 6.71 Å². The molecule has 0 unspecified atom stereocenters. The zero-order chi connectivity index (χ0) is 61.1. The summed E-state index contributed by atoms with van der Waals surface area (Å²) in [6, 6.07) is 83.7. The molecule has 0 fully saturated rings. The number of aromatic nitrogens is 5. The molecule has 0 spiro atoms. The van der Waals surface area contributed by atoms with Crippen LogP contribution in [0.4, 0.5) is 0 Å². The summed E-state index contributed by atoms with van der Waals surface area (Å²) in [6.45, 7) is 14.1. The number of para-hydroxylation sites is 2. The monoisotopic (exact) mass is 1170 g/mol. The second-order valence-corrected chi connectivity index (χ2v) is 28.0. The van der Waals surface area contributed by atoms with E-state index in [-0.39, 0.29) is 17.5 Å². The van der Waals surface area contributed by atoms with Gasteiger partial charge in [-0.1, -0.05) is 205 Å². The van der Waals surface area contributed by atoms with Crippen LogP contribution in [-0.2, 0) is 24.9 Å². The van der Waals surface area contributed by atoms with Crippen LogP contribution in [0, 0.1) is 0 Å². The molecular weight excluding hydrogens is 1100 g/mol. The molecule has 5 nitrogen and oxygen atoms in total. The molecule has 0 aliphatic carbocycles. The van der Waals surface area contributed by atoms with Gasteiger partial charge in [0, 0.05) is 138 Å². The number of fused-ring (bicyclic) bond motifs is 19. The van der Waals surface area contributed by atoms with Crippen LogP contribution in [0.1, 0.15) is 52.7 Å². The van der Waals surface area contributed by atoms with E-state index in [0.717, 1.165) is 33.4 Å². The minimum absolute atomic E-state index is 0.0667. The van der Waals surface area contributed by atoms with Crippen molar-refractivity contribution in [1.82, 2.24) is 23.3 Å². The van der Waals surface area contributed by atoms with Crippen molar-refractivity contribution in [3.63, 3.8) is 0 Å². The molecule has 432 valence electrons. The van der Waals surface area contributed by atoms with Gasteiger partial charge in [0.05, 0.1) is 11.0 Å². The maximum atomic E-state index is 5.26. The summed E-state index contributed by atoms with van der Waals surface area (Å²) in [5.41, 5.74) is 27.8. The highest BCUT2D eigenvalue weighted by molar-refractivity contribution is 7.00. The van der Waals surface area contributed by atoms with Gasteiger partial charge in [-0.25, -0.2) is 0 Å². The van der Waals surface area contributed by atoms with Gasteiger partial charge >= 0.3 is 0 Å². The third kappa shape index (κ3) is 7.22. The Bertz CT molecular complexity index is 5930. The van der Waals surface area contributed by atoms with E-state index in [2.05, 4.69) is 317 Å². The van der Waals surface area contributed by atoms with E-state index in [0.29, 0.717) is 0 Å². The molecule has 5 aromatic heterocycles. The fraction of sp³-hybridized carbons (Fsp3) is 0.118. The Hall–Kier alpha value is -10.7. The van der Waals surface area contributed by atoms with Crippen molar-refractivity contribution in [3.05, 3.63) is 254 Å². The summed E-state index contributed by atoms with van der Waals surface area (Å²) in [7, 11) is 4.35. The van der Waals surface area contributed by atoms with Gasteiger partial charge in [0.15, 0.2) is 0 Å². The lowest BCUT2D eigenvalue weighted by molar-refractivity contribution is 0.590. The third-order valence-corrected chi connectivity index (χ3v) is 20.8. The van der Waals surface area contributed by atoms with Crippen LogP contribution < -0.4 is 16.4 Å². The quantitative estimate of drug-likeness (QED) is 0.125. The van der Waals surface area contributed by atoms with Gasteiger partial charge in [-0.15, -0.1) is 0 Å². The van der Waals surface area contributed by atoms with Crippen LogP contribution in [0.2, 0.25) is 0 Å². The lowest BCUT2D eigenvalue weighted by atomic mass is 9.34. The van der Waals surface area contributed by atoms with Crippen molar-refractivity contribution in [2.24, 2.45) is 14.1 Å². The molecule has 17 aromatic rings. The van der Waals surface area contributed by atoms with Gasteiger partial charge in [0.1, 0.15) is 0 Å². The molecule has 0 bridgehead atoms. The molecule has 0 atom stereocenters. The largest absolute Gasteiger partial charge is 0.350 e. The van der Waals surface area contributed by atoms with Crippen LogP contribution in [0.5, 0.6) is 0 Å². The average molecular weight is 1170 g/mol. The predicted octanol–water partition coefficient (Wildman–Crippen LogP) is 19.8. The van der Waals surface area contributed by atoms with Crippen LogP contribution in [-0.4, -0.2) is 30.0 Å². The molecule has 0 amide bonds. The van der Waals surface area contributed by atoms with E-state index in [1.165, 1.54) is 159 Å². The maximum Gasteiger partial charge on any atom is 0.252 e. The van der Waals surface area contributed by atoms with Crippen LogP contribution in [0.3, 0.4) is 0 Å². The Labute approximate surface area is 528 Å². The van der Waals surface area contributed by atoms with E-state index in [4.69, 9.17) is 4.98 Å². The molecule has 0 saturated carbocycles. The van der Waals surface area contributed by atoms with E-state index < -0.39 is 0 Å². The van der Waals surface area contributed by atoms with Crippen molar-refractivity contribution in [3.8, 4) is 67.0 Å². The topological polar surface area (TPSA) is 32.6 Å². The fourth-order valence-electron chi connectivity index (χ4n) is 16.6. The van der Waals surface area contributed by atoms with Crippen molar-refractivity contribution in [2.75, 3.05) is 0 Å². The van der Waals surface area contributed by atoms with Gasteiger partial charge < -0.3 is 18.3 Å². The SMILES string of the molecule is Cn1cc(-c2cncc(-c3cn(C)c4ccccc34)c2-c2cc3c4c(c2)-n2c5ccc6c7ccccc7c7ccccc7c6c5c5cc(-c6ccccc6-c6ccccc6)cc(c52)B4c2cc(C(C)(C)C)cc4c5cc(C(C)(C)C)ccc5n-3c24)c2ccccc21. The molecular formula is C85H64BN5. The first-order valence-corrected chi connectivity index (χ1v) is 32.1. The standard InChI is InChI=1S/C85H64BN5/c1-84(2,3)52-34-36-74-63(42-52)64-43-53(85(4,5)6)44-71-82(64)90(74)76-40-51(78-66(68-47-88(7)72-32-20-18-29-59(68)72)45-87-46-67(78)69-48-89(8)73-33-21-19-30-60(69)73)41-77-81(76)86(71)70-39-50(55-25-13-12-24-54(55)49-22-10-9-11-23-49)38-65-80-75(91(77)83(65)70)37-35-62-58-28-15-14-26-56(58)57-27-16-17-31-61(57)79(62)80/h9-48H,1-8H3. The molecule has 0 saturated heterocycles. The number of aryl methyl sites for hydroxylation is 2. The molecule has 6 heteroatoms. The average Bonchev–Trinajstić information content (AvgIpc) is 1.56. The van der Waals surface area contributed by atoms with E-state index in [1.54, 1.807) is 0 Å². The van der Waals surface area contributed by atoms with Gasteiger partial charge in [-0.05, 0) is 148 Å². The summed E-state index contributed by atoms with van der Waals surface area (Å²) >= 11 is 0. The lowest BCUT2D eigenvalue weighted by Gasteiger charge is -2.35. The summed E-state index contributed by atoms with van der Waals surface area (Å²) in [5, 5.41) is 15.1. The van der Waals surface area contributed by atoms with E-state index in [1.807, 2.05) is 0 Å². The first-order chi connectivity index (χ1) is 44.3. The maximum absolute atomic E-state index is 5.26. The Morgan fingerprint density at radius 2 is 0.824 bits per heavy atom. The third-order valence-electron chi connectivity index (χ3n) is 20.8. The van der Waals surface area contributed by atoms with Gasteiger partial charge in [0.2, 0.25) is 0 Å². The van der Waals surface area contributed by atoms with Crippen LogP contribution in [0.25, 0.3) is 165 Å². The minimum Gasteiger partial charge on any atom is -0.350 e. The fourth-order valence-corrected chi connectivity index (χ4v) is 16.6. The number of nitrogens with zero attached hydrogens (tertiary/aromatic N) is 5.